The van der Waals surface area contributed by atoms with E-state index in [2.05, 4.69) is 20.2 Å². The predicted molar refractivity (Wildman–Crippen MR) is 115 cm³/mol. The molecule has 0 radical (unpaired) electrons. The number of imidazole rings is 1. The van der Waals surface area contributed by atoms with Crippen molar-refractivity contribution in [3.63, 3.8) is 0 Å². The molecule has 0 aliphatic carbocycles. The highest BCUT2D eigenvalue weighted by atomic mass is 35.5. The van der Waals surface area contributed by atoms with Gasteiger partial charge in [0, 0.05) is 23.7 Å². The molecule has 33 heavy (non-hydrogen) atoms. The Morgan fingerprint density at radius 3 is 2.55 bits per heavy atom. The molecule has 0 unspecified atom stereocenters. The molecule has 0 spiro atoms. The molecule has 0 saturated carbocycles. The molecule has 0 bridgehead atoms. The van der Waals surface area contributed by atoms with Crippen LogP contribution in [0.25, 0.3) is 28.2 Å². The van der Waals surface area contributed by atoms with Crippen LogP contribution < -0.4 is 0 Å². The van der Waals surface area contributed by atoms with Gasteiger partial charge in [-0.25, -0.2) is 23.1 Å². The quantitative estimate of drug-likeness (QED) is 0.392. The number of fused-ring (bicyclic) bond motifs is 1. The van der Waals surface area contributed by atoms with Crippen molar-refractivity contribution in [1.82, 2.24) is 24.6 Å². The molecular weight excluding hydrogens is 455 g/mol. The van der Waals surface area contributed by atoms with E-state index in [1.807, 2.05) is 0 Å². The minimum absolute atomic E-state index is 0.0588. The topological polar surface area (TPSA) is 76.2 Å². The molecule has 5 aromatic rings. The van der Waals surface area contributed by atoms with Gasteiger partial charge in [0.2, 0.25) is 5.88 Å². The minimum Gasteiger partial charge on any atom is -0.493 e. The minimum atomic E-state index is -1.08. The molecule has 1 N–H and O–H groups in total. The van der Waals surface area contributed by atoms with Gasteiger partial charge in [0.15, 0.2) is 22.4 Å². The first-order chi connectivity index (χ1) is 15.9. The van der Waals surface area contributed by atoms with E-state index in [9.17, 15) is 18.3 Å². The summed E-state index contributed by atoms with van der Waals surface area (Å²) in [6, 6.07) is 11.0. The number of hydrogen-bond acceptors (Lipinski definition) is 5. The molecule has 6 nitrogen and oxygen atoms in total. The highest BCUT2D eigenvalue weighted by molar-refractivity contribution is 6.29. The molecule has 0 atom stereocenters. The second-order valence-electron chi connectivity index (χ2n) is 7.22. The zero-order valence-corrected chi connectivity index (χ0v) is 17.4. The van der Waals surface area contributed by atoms with Crippen LogP contribution in [0, 0.1) is 17.5 Å². The van der Waals surface area contributed by atoms with Gasteiger partial charge in [-0.15, -0.1) is 5.10 Å². The summed E-state index contributed by atoms with van der Waals surface area (Å²) in [6.07, 6.45) is 2.96. The Hall–Kier alpha value is -3.98. The molecule has 3 heterocycles. The average molecular weight is 468 g/mol. The number of hydrogen-bond donors (Lipinski definition) is 1. The fourth-order valence-electron chi connectivity index (χ4n) is 3.49. The molecule has 0 aliphatic heterocycles. The van der Waals surface area contributed by atoms with Crippen LogP contribution in [-0.2, 0) is 6.42 Å². The maximum absolute atomic E-state index is 14.5. The average Bonchev–Trinajstić information content (AvgIpc) is 3.12. The number of nitrogens with zero attached hydrogens (tertiary/aromatic N) is 5. The van der Waals surface area contributed by atoms with Gasteiger partial charge in [0.1, 0.15) is 17.2 Å². The van der Waals surface area contributed by atoms with Crippen LogP contribution >= 0.6 is 11.6 Å². The van der Waals surface area contributed by atoms with Crippen LogP contribution in [0.3, 0.4) is 0 Å². The molecule has 0 aliphatic rings. The summed E-state index contributed by atoms with van der Waals surface area (Å²) >= 11 is 5.99. The maximum atomic E-state index is 14.5. The van der Waals surface area contributed by atoms with Crippen molar-refractivity contribution in [2.75, 3.05) is 0 Å². The summed E-state index contributed by atoms with van der Waals surface area (Å²) in [5.41, 5.74) is 1.85. The van der Waals surface area contributed by atoms with Gasteiger partial charge in [-0.1, -0.05) is 29.8 Å². The zero-order valence-electron chi connectivity index (χ0n) is 16.7. The van der Waals surface area contributed by atoms with E-state index < -0.39 is 11.6 Å². The number of rotatable bonds is 4. The molecule has 0 fully saturated rings. The molecule has 10 heteroatoms. The lowest BCUT2D eigenvalue weighted by Crippen LogP contribution is -1.99. The fraction of sp³-hybridized carbons (Fsp3) is 0.0435. The third kappa shape index (κ3) is 3.87. The van der Waals surface area contributed by atoms with Crippen LogP contribution in [0.4, 0.5) is 13.2 Å². The number of aromatic hydroxyl groups is 1. The van der Waals surface area contributed by atoms with Crippen molar-refractivity contribution in [3.05, 3.63) is 94.8 Å². The lowest BCUT2D eigenvalue weighted by molar-refractivity contribution is 0.442. The maximum Gasteiger partial charge on any atom is 0.219 e. The Balaban J connectivity index is 1.74. The first kappa shape index (κ1) is 20.9. The Morgan fingerprint density at radius 1 is 1.00 bits per heavy atom. The van der Waals surface area contributed by atoms with Gasteiger partial charge in [-0.2, -0.15) is 5.10 Å². The van der Waals surface area contributed by atoms with Crippen LogP contribution in [-0.4, -0.2) is 29.7 Å². The number of benzene rings is 2. The lowest BCUT2D eigenvalue weighted by Gasteiger charge is -2.09. The summed E-state index contributed by atoms with van der Waals surface area (Å²) < 4.78 is 43.0. The van der Waals surface area contributed by atoms with Gasteiger partial charge in [-0.05, 0) is 35.9 Å². The molecule has 5 rings (SSSR count). The van der Waals surface area contributed by atoms with E-state index in [1.54, 1.807) is 12.1 Å². The summed E-state index contributed by atoms with van der Waals surface area (Å²) in [6.45, 7) is 0. The monoisotopic (exact) mass is 467 g/mol. The Bertz CT molecular complexity index is 1500. The van der Waals surface area contributed by atoms with Gasteiger partial charge in [0.05, 0.1) is 11.9 Å². The van der Waals surface area contributed by atoms with Crippen molar-refractivity contribution in [3.8, 4) is 28.4 Å². The third-order valence-corrected chi connectivity index (χ3v) is 5.25. The van der Waals surface area contributed by atoms with E-state index in [0.29, 0.717) is 5.56 Å². The molecule has 3 aromatic heterocycles. The van der Waals surface area contributed by atoms with Gasteiger partial charge < -0.3 is 5.11 Å². The van der Waals surface area contributed by atoms with E-state index in [-0.39, 0.29) is 51.6 Å². The first-order valence-electron chi connectivity index (χ1n) is 9.69. The van der Waals surface area contributed by atoms with Gasteiger partial charge in [-0.3, -0.25) is 4.40 Å². The smallest absolute Gasteiger partial charge is 0.219 e. The summed E-state index contributed by atoms with van der Waals surface area (Å²) in [4.78, 5) is 8.99. The highest BCUT2D eigenvalue weighted by Gasteiger charge is 2.21. The lowest BCUT2D eigenvalue weighted by atomic mass is 10.1. The standard InChI is InChI=1S/C23H13ClF3N5O/c24-19-9-13(10-28-31-19)21-22-30-17(8-12-4-6-14(25)7-5-12)23(33)32(22)11-18(29-21)15-2-1-3-16(26)20(15)27/h1-7,9-11,33H,8H2. The normalized spacial score (nSPS) is 11.3. The van der Waals surface area contributed by atoms with Crippen molar-refractivity contribution >= 4 is 17.2 Å². The largest absolute Gasteiger partial charge is 0.493 e. The Kier molecular flexibility index (Phi) is 5.18. The molecule has 2 aromatic carbocycles. The number of aromatic nitrogens is 5. The summed E-state index contributed by atoms with van der Waals surface area (Å²) in [5, 5.41) is 18.5. The van der Waals surface area contributed by atoms with Crippen LogP contribution in [0.5, 0.6) is 5.88 Å². The zero-order chi connectivity index (χ0) is 23.1. The molecular formula is C23H13ClF3N5O. The van der Waals surface area contributed by atoms with E-state index >= 15 is 0 Å². The van der Waals surface area contributed by atoms with E-state index in [1.165, 1.54) is 47.1 Å². The van der Waals surface area contributed by atoms with E-state index in [4.69, 9.17) is 11.6 Å². The van der Waals surface area contributed by atoms with Gasteiger partial charge in [0.25, 0.3) is 0 Å². The van der Waals surface area contributed by atoms with Crippen LogP contribution in [0.1, 0.15) is 11.3 Å². The fourth-order valence-corrected chi connectivity index (χ4v) is 3.65. The van der Waals surface area contributed by atoms with Crippen molar-refractivity contribution in [1.29, 1.82) is 0 Å². The Labute approximate surface area is 190 Å². The van der Waals surface area contributed by atoms with Crippen molar-refractivity contribution in [2.45, 2.75) is 6.42 Å². The van der Waals surface area contributed by atoms with Crippen molar-refractivity contribution < 1.29 is 18.3 Å². The highest BCUT2D eigenvalue weighted by Crippen LogP contribution is 2.33. The van der Waals surface area contributed by atoms with E-state index in [0.717, 1.165) is 11.6 Å². The van der Waals surface area contributed by atoms with Crippen molar-refractivity contribution in [2.24, 2.45) is 0 Å². The first-order valence-corrected chi connectivity index (χ1v) is 10.1. The summed E-state index contributed by atoms with van der Waals surface area (Å²) in [5.74, 6) is -2.71. The molecule has 164 valence electrons. The summed E-state index contributed by atoms with van der Waals surface area (Å²) in [7, 11) is 0. The third-order valence-electron chi connectivity index (χ3n) is 5.06. The Morgan fingerprint density at radius 2 is 1.79 bits per heavy atom. The van der Waals surface area contributed by atoms with Crippen LogP contribution in [0.15, 0.2) is 60.9 Å². The molecule has 0 amide bonds. The molecule has 0 saturated heterocycles. The van der Waals surface area contributed by atoms with Gasteiger partial charge >= 0.3 is 0 Å². The predicted octanol–water partition coefficient (Wildman–Crippen LogP) is 5.22. The second-order valence-corrected chi connectivity index (χ2v) is 7.61. The van der Waals surface area contributed by atoms with Crippen LogP contribution in [0.2, 0.25) is 5.15 Å². The number of halogens is 4. The SMILES string of the molecule is Oc1c(Cc2ccc(F)cc2)nc2c(-c3cnnc(Cl)c3)nc(-c3cccc(F)c3F)cn12. The second kappa shape index (κ2) is 8.18.